The Morgan fingerprint density at radius 1 is 0.833 bits per heavy atom. The van der Waals surface area contributed by atoms with Gasteiger partial charge < -0.3 is 5.32 Å². The first-order chi connectivity index (χ1) is 14.1. The number of amides is 1. The number of carbonyl (C=O) groups is 1. The van der Waals surface area contributed by atoms with Crippen LogP contribution in [-0.4, -0.2) is 14.3 Å². The van der Waals surface area contributed by atoms with Crippen molar-refractivity contribution in [3.63, 3.8) is 0 Å². The molecule has 0 bridgehead atoms. The first-order valence-electron chi connectivity index (χ1n) is 9.04. The van der Waals surface area contributed by atoms with Gasteiger partial charge in [-0.1, -0.05) is 18.2 Å². The lowest BCUT2D eigenvalue weighted by Crippen LogP contribution is -2.17. The molecule has 0 radical (unpaired) electrons. The number of hydrogen-bond acceptors (Lipinski definition) is 3. The highest BCUT2D eigenvalue weighted by Crippen LogP contribution is 2.24. The number of anilines is 2. The fourth-order valence-corrected chi connectivity index (χ4v) is 4.25. The molecule has 30 heavy (non-hydrogen) atoms. The Kier molecular flexibility index (Phi) is 5.89. The molecule has 0 saturated carbocycles. The van der Waals surface area contributed by atoms with Crippen molar-refractivity contribution in [3.05, 3.63) is 88.5 Å². The first kappa shape index (κ1) is 21.4. The van der Waals surface area contributed by atoms with Crippen molar-refractivity contribution in [1.29, 1.82) is 0 Å². The van der Waals surface area contributed by atoms with Gasteiger partial charge in [0, 0.05) is 17.3 Å². The molecular formula is C22H20F2N2O3S. The van der Waals surface area contributed by atoms with E-state index in [2.05, 4.69) is 10.0 Å². The van der Waals surface area contributed by atoms with Gasteiger partial charge in [-0.05, 0) is 67.8 Å². The zero-order valence-electron chi connectivity index (χ0n) is 16.6. The fraction of sp³-hybridized carbons (Fsp3) is 0.136. The molecular weight excluding hydrogens is 410 g/mol. The van der Waals surface area contributed by atoms with Crippen LogP contribution in [0.1, 0.15) is 27.0 Å². The van der Waals surface area contributed by atoms with Crippen molar-refractivity contribution >= 4 is 27.3 Å². The third kappa shape index (κ3) is 4.65. The highest BCUT2D eigenvalue weighted by molar-refractivity contribution is 7.92. The number of halogens is 2. The van der Waals surface area contributed by atoms with Gasteiger partial charge in [-0.2, -0.15) is 0 Å². The molecule has 1 amide bonds. The van der Waals surface area contributed by atoms with E-state index in [0.717, 1.165) is 23.3 Å². The molecule has 0 aliphatic carbocycles. The molecule has 0 aliphatic heterocycles. The van der Waals surface area contributed by atoms with Gasteiger partial charge >= 0.3 is 0 Å². The molecule has 0 saturated heterocycles. The van der Waals surface area contributed by atoms with Gasteiger partial charge in [0.1, 0.15) is 0 Å². The van der Waals surface area contributed by atoms with Gasteiger partial charge in [-0.25, -0.2) is 17.2 Å². The SMILES string of the molecule is Cc1ccc(C)c(NS(=O)(=O)c2cc(C(=O)Nc3ccc(F)c(F)c3)ccc2C)c1. The van der Waals surface area contributed by atoms with Crippen LogP contribution in [0.2, 0.25) is 0 Å². The van der Waals surface area contributed by atoms with Crippen LogP contribution in [0, 0.1) is 32.4 Å². The summed E-state index contributed by atoms with van der Waals surface area (Å²) >= 11 is 0. The van der Waals surface area contributed by atoms with E-state index < -0.39 is 27.6 Å². The lowest BCUT2D eigenvalue weighted by atomic mass is 10.1. The monoisotopic (exact) mass is 430 g/mol. The zero-order chi connectivity index (χ0) is 22.1. The quantitative estimate of drug-likeness (QED) is 0.602. The van der Waals surface area contributed by atoms with Crippen molar-refractivity contribution in [2.75, 3.05) is 10.0 Å². The summed E-state index contributed by atoms with van der Waals surface area (Å²) in [6.45, 7) is 5.26. The molecule has 156 valence electrons. The standard InChI is InChI=1S/C22H20F2N2O3S/c1-13-4-5-14(2)20(10-13)26-30(28,29)21-11-16(7-6-15(21)3)22(27)25-17-8-9-18(23)19(24)12-17/h4-12,26H,1-3H3,(H,25,27). The maximum Gasteiger partial charge on any atom is 0.262 e. The Bertz CT molecular complexity index is 1240. The van der Waals surface area contributed by atoms with Crippen molar-refractivity contribution in [2.45, 2.75) is 25.7 Å². The molecule has 3 aromatic rings. The Morgan fingerprint density at radius 2 is 1.53 bits per heavy atom. The molecule has 3 aromatic carbocycles. The van der Waals surface area contributed by atoms with Gasteiger partial charge in [0.15, 0.2) is 11.6 Å². The van der Waals surface area contributed by atoms with Gasteiger partial charge in [-0.15, -0.1) is 0 Å². The molecule has 0 fully saturated rings. The second kappa shape index (κ2) is 8.23. The maximum absolute atomic E-state index is 13.4. The smallest absolute Gasteiger partial charge is 0.262 e. The summed E-state index contributed by atoms with van der Waals surface area (Å²) in [6.07, 6.45) is 0. The van der Waals surface area contributed by atoms with E-state index in [1.54, 1.807) is 19.9 Å². The second-order valence-corrected chi connectivity index (χ2v) is 8.64. The normalized spacial score (nSPS) is 11.2. The Labute approximate surface area is 173 Å². The summed E-state index contributed by atoms with van der Waals surface area (Å²) in [5, 5.41) is 2.43. The summed E-state index contributed by atoms with van der Waals surface area (Å²) < 4.78 is 54.9. The van der Waals surface area contributed by atoms with Crippen molar-refractivity contribution in [3.8, 4) is 0 Å². The van der Waals surface area contributed by atoms with E-state index in [1.807, 2.05) is 19.1 Å². The van der Waals surface area contributed by atoms with E-state index in [1.165, 1.54) is 24.3 Å². The maximum atomic E-state index is 13.4. The van der Waals surface area contributed by atoms with E-state index >= 15 is 0 Å². The minimum atomic E-state index is -3.96. The summed E-state index contributed by atoms with van der Waals surface area (Å²) in [7, 11) is -3.96. The third-order valence-electron chi connectivity index (χ3n) is 4.55. The van der Waals surface area contributed by atoms with Crippen molar-refractivity contribution in [1.82, 2.24) is 0 Å². The number of nitrogens with one attached hydrogen (secondary N) is 2. The van der Waals surface area contributed by atoms with Crippen LogP contribution >= 0.6 is 0 Å². The molecule has 0 spiro atoms. The van der Waals surface area contributed by atoms with Gasteiger partial charge in [0.05, 0.1) is 10.6 Å². The van der Waals surface area contributed by atoms with Crippen LogP contribution in [0.3, 0.4) is 0 Å². The van der Waals surface area contributed by atoms with Crippen LogP contribution in [0.15, 0.2) is 59.5 Å². The van der Waals surface area contributed by atoms with E-state index in [4.69, 9.17) is 0 Å². The van der Waals surface area contributed by atoms with Crippen LogP contribution in [0.5, 0.6) is 0 Å². The minimum absolute atomic E-state index is 0.0531. The molecule has 8 heteroatoms. The predicted octanol–water partition coefficient (Wildman–Crippen LogP) is 4.94. The average Bonchev–Trinajstić information content (AvgIpc) is 2.67. The average molecular weight is 430 g/mol. The first-order valence-corrected chi connectivity index (χ1v) is 10.5. The van der Waals surface area contributed by atoms with Crippen LogP contribution in [-0.2, 0) is 10.0 Å². The van der Waals surface area contributed by atoms with Gasteiger partial charge in [0.25, 0.3) is 15.9 Å². The molecule has 0 aliphatic rings. The van der Waals surface area contributed by atoms with Gasteiger partial charge in [0.2, 0.25) is 0 Å². The summed E-state index contributed by atoms with van der Waals surface area (Å²) in [6, 6.07) is 12.6. The Balaban J connectivity index is 1.91. The van der Waals surface area contributed by atoms with Gasteiger partial charge in [-0.3, -0.25) is 9.52 Å². The highest BCUT2D eigenvalue weighted by atomic mass is 32.2. The predicted molar refractivity (Wildman–Crippen MR) is 112 cm³/mol. The van der Waals surface area contributed by atoms with Crippen molar-refractivity contribution < 1.29 is 22.0 Å². The fourth-order valence-electron chi connectivity index (χ4n) is 2.85. The summed E-state index contributed by atoms with van der Waals surface area (Å²) in [5.41, 5.74) is 2.68. The minimum Gasteiger partial charge on any atom is -0.322 e. The van der Waals surface area contributed by atoms with Crippen LogP contribution in [0.4, 0.5) is 20.2 Å². The number of hydrogen-bond donors (Lipinski definition) is 2. The number of carbonyl (C=O) groups excluding carboxylic acids is 1. The lowest BCUT2D eigenvalue weighted by molar-refractivity contribution is 0.102. The number of aryl methyl sites for hydroxylation is 3. The Morgan fingerprint density at radius 3 is 2.23 bits per heavy atom. The van der Waals surface area contributed by atoms with E-state index in [9.17, 15) is 22.0 Å². The molecule has 2 N–H and O–H groups in total. The summed E-state index contributed by atoms with van der Waals surface area (Å²) in [5.74, 6) is -2.78. The molecule has 0 unspecified atom stereocenters. The van der Waals surface area contributed by atoms with Crippen LogP contribution < -0.4 is 10.0 Å². The molecule has 0 aromatic heterocycles. The zero-order valence-corrected chi connectivity index (χ0v) is 17.4. The molecule has 0 heterocycles. The molecule has 5 nitrogen and oxygen atoms in total. The topological polar surface area (TPSA) is 75.3 Å². The number of benzene rings is 3. The summed E-state index contributed by atoms with van der Waals surface area (Å²) in [4.78, 5) is 12.5. The van der Waals surface area contributed by atoms with Crippen molar-refractivity contribution in [2.24, 2.45) is 0 Å². The highest BCUT2D eigenvalue weighted by Gasteiger charge is 2.20. The van der Waals surface area contributed by atoms with Crippen LogP contribution in [0.25, 0.3) is 0 Å². The van der Waals surface area contributed by atoms with E-state index in [-0.39, 0.29) is 16.1 Å². The molecule has 3 rings (SSSR count). The second-order valence-electron chi connectivity index (χ2n) is 6.99. The number of rotatable bonds is 5. The third-order valence-corrected chi connectivity index (χ3v) is 6.06. The van der Waals surface area contributed by atoms with E-state index in [0.29, 0.717) is 11.3 Å². The number of sulfonamides is 1. The molecule has 0 atom stereocenters. The Hall–Kier alpha value is -3.26. The lowest BCUT2D eigenvalue weighted by Gasteiger charge is -2.14. The largest absolute Gasteiger partial charge is 0.322 e.